The van der Waals surface area contributed by atoms with Crippen LogP contribution < -0.4 is 4.74 Å². The van der Waals surface area contributed by atoms with Crippen molar-refractivity contribution < 1.29 is 4.74 Å². The summed E-state index contributed by atoms with van der Waals surface area (Å²) in [7, 11) is 0.453. The lowest BCUT2D eigenvalue weighted by Gasteiger charge is -2.22. The predicted octanol–water partition coefficient (Wildman–Crippen LogP) is 6.45. The SMILES string of the molecule is c1ccc2c([S+]3CC4C5CCC(C5)C4C3)ccc(OCC3CCCCC3)c2c1. The zero-order valence-corrected chi connectivity index (χ0v) is 17.8. The molecule has 6 rings (SSSR count). The van der Waals surface area contributed by atoms with E-state index in [1.165, 1.54) is 67.2 Å². The van der Waals surface area contributed by atoms with E-state index in [1.807, 2.05) is 0 Å². The van der Waals surface area contributed by atoms with Gasteiger partial charge in [-0.1, -0.05) is 37.5 Å². The fourth-order valence-electron chi connectivity index (χ4n) is 6.94. The first-order valence-corrected chi connectivity index (χ1v) is 13.2. The largest absolute Gasteiger partial charge is 0.493 e. The highest BCUT2D eigenvalue weighted by molar-refractivity contribution is 7.97. The number of hydrogen-bond donors (Lipinski definition) is 0. The van der Waals surface area contributed by atoms with Crippen LogP contribution in [0.15, 0.2) is 41.3 Å². The minimum Gasteiger partial charge on any atom is -0.493 e. The number of ether oxygens (including phenoxy) is 1. The van der Waals surface area contributed by atoms with Gasteiger partial charge < -0.3 is 4.74 Å². The number of hydrogen-bond acceptors (Lipinski definition) is 1. The Hall–Kier alpha value is -1.15. The van der Waals surface area contributed by atoms with E-state index in [2.05, 4.69) is 36.4 Å². The summed E-state index contributed by atoms with van der Waals surface area (Å²) in [5.74, 6) is 9.04. The third-order valence-corrected chi connectivity index (χ3v) is 11.0. The molecule has 2 aromatic carbocycles. The number of fused-ring (bicyclic) bond motifs is 6. The molecule has 4 fully saturated rings. The van der Waals surface area contributed by atoms with Crippen LogP contribution in [0.5, 0.6) is 5.75 Å². The van der Waals surface area contributed by atoms with E-state index in [1.54, 1.807) is 11.3 Å². The molecule has 1 aliphatic heterocycles. The van der Waals surface area contributed by atoms with Gasteiger partial charge in [-0.3, -0.25) is 0 Å². The minimum absolute atomic E-state index is 0.453. The maximum absolute atomic E-state index is 6.40. The quantitative estimate of drug-likeness (QED) is 0.542. The van der Waals surface area contributed by atoms with Crippen molar-refractivity contribution in [2.75, 3.05) is 18.1 Å². The lowest BCUT2D eigenvalue weighted by atomic mass is 9.82. The lowest BCUT2D eigenvalue weighted by molar-refractivity contribution is 0.210. The second-order valence-corrected chi connectivity index (χ2v) is 12.0. The fraction of sp³-hybridized carbons (Fsp3) is 0.615. The van der Waals surface area contributed by atoms with E-state index in [0.29, 0.717) is 10.9 Å². The van der Waals surface area contributed by atoms with Crippen LogP contribution >= 0.6 is 0 Å². The Labute approximate surface area is 172 Å². The molecular formula is C26H33OS+. The van der Waals surface area contributed by atoms with E-state index in [0.717, 1.165) is 41.9 Å². The molecule has 2 heteroatoms. The second kappa shape index (κ2) is 7.27. The van der Waals surface area contributed by atoms with Gasteiger partial charge in [0.05, 0.1) is 6.61 Å². The predicted molar refractivity (Wildman–Crippen MR) is 119 cm³/mol. The molecular weight excluding hydrogens is 360 g/mol. The van der Waals surface area contributed by atoms with Gasteiger partial charge in [0.15, 0.2) is 4.90 Å². The van der Waals surface area contributed by atoms with Crippen molar-refractivity contribution in [3.8, 4) is 5.75 Å². The standard InChI is InChI=1S/C26H33OS/c1-2-6-18(7-3-1)15-27-25-12-13-26(22-9-5-4-8-21(22)25)28-16-23-19-10-11-20(14-19)24(23)17-28/h4-5,8-9,12-13,18-20,23-24H,1-3,6-7,10-11,14-17H2/q+1. The smallest absolute Gasteiger partial charge is 0.163 e. The number of rotatable bonds is 4. The van der Waals surface area contributed by atoms with Gasteiger partial charge in [0.2, 0.25) is 0 Å². The van der Waals surface area contributed by atoms with Crippen molar-refractivity contribution in [2.24, 2.45) is 29.6 Å². The first-order chi connectivity index (χ1) is 13.9. The Balaban J connectivity index is 1.26. The molecule has 3 aliphatic carbocycles. The van der Waals surface area contributed by atoms with Gasteiger partial charge in [-0.15, -0.1) is 0 Å². The van der Waals surface area contributed by atoms with Crippen LogP contribution in [0.25, 0.3) is 10.8 Å². The van der Waals surface area contributed by atoms with Crippen LogP contribution in [-0.4, -0.2) is 18.1 Å². The van der Waals surface area contributed by atoms with Gasteiger partial charge in [-0.05, 0) is 68.1 Å². The Morgan fingerprint density at radius 1 is 0.786 bits per heavy atom. The van der Waals surface area contributed by atoms with E-state index in [9.17, 15) is 0 Å². The van der Waals surface area contributed by atoms with E-state index < -0.39 is 0 Å². The maximum Gasteiger partial charge on any atom is 0.163 e. The van der Waals surface area contributed by atoms with Crippen LogP contribution in [0.1, 0.15) is 51.4 Å². The maximum atomic E-state index is 6.40. The molecule has 148 valence electrons. The fourth-order valence-corrected chi connectivity index (χ4v) is 10.2. The number of benzene rings is 2. The van der Waals surface area contributed by atoms with E-state index in [-0.39, 0.29) is 0 Å². The molecule has 0 aromatic heterocycles. The third-order valence-electron chi connectivity index (χ3n) is 8.42. The summed E-state index contributed by atoms with van der Waals surface area (Å²) in [6.07, 6.45) is 11.5. The molecule has 1 heterocycles. The van der Waals surface area contributed by atoms with Gasteiger partial charge in [0.1, 0.15) is 17.3 Å². The summed E-state index contributed by atoms with van der Waals surface area (Å²) in [4.78, 5) is 1.63. The molecule has 0 radical (unpaired) electrons. The molecule has 28 heavy (non-hydrogen) atoms. The van der Waals surface area contributed by atoms with Crippen molar-refractivity contribution in [1.29, 1.82) is 0 Å². The molecule has 2 bridgehead atoms. The highest BCUT2D eigenvalue weighted by Crippen LogP contribution is 2.57. The normalized spacial score (nSPS) is 34.8. The van der Waals surface area contributed by atoms with Crippen molar-refractivity contribution in [1.82, 2.24) is 0 Å². The monoisotopic (exact) mass is 393 g/mol. The third kappa shape index (κ3) is 2.98. The summed E-state index contributed by atoms with van der Waals surface area (Å²) in [6, 6.07) is 13.8. The highest BCUT2D eigenvalue weighted by Gasteiger charge is 2.57. The molecule has 0 N–H and O–H groups in total. The molecule has 4 aliphatic rings. The Morgan fingerprint density at radius 3 is 2.25 bits per heavy atom. The molecule has 1 saturated heterocycles. The Kier molecular flexibility index (Phi) is 4.59. The first-order valence-electron chi connectivity index (χ1n) is 11.7. The summed E-state index contributed by atoms with van der Waals surface area (Å²) in [6.45, 7) is 0.905. The molecule has 4 atom stereocenters. The topological polar surface area (TPSA) is 9.23 Å². The van der Waals surface area contributed by atoms with E-state index in [4.69, 9.17) is 4.74 Å². The van der Waals surface area contributed by atoms with Crippen LogP contribution in [0.4, 0.5) is 0 Å². The molecule has 4 unspecified atom stereocenters. The molecule has 3 saturated carbocycles. The lowest BCUT2D eigenvalue weighted by Crippen LogP contribution is -2.19. The van der Waals surface area contributed by atoms with Crippen LogP contribution in [0, 0.1) is 29.6 Å². The average molecular weight is 394 g/mol. The van der Waals surface area contributed by atoms with Crippen molar-refractivity contribution >= 4 is 21.7 Å². The summed E-state index contributed by atoms with van der Waals surface area (Å²) in [5, 5.41) is 2.82. The zero-order valence-electron chi connectivity index (χ0n) is 16.9. The molecule has 2 aromatic rings. The Bertz CT molecular complexity index is 837. The molecule has 0 amide bonds. The van der Waals surface area contributed by atoms with Gasteiger partial charge in [0, 0.05) is 33.5 Å². The second-order valence-electron chi connectivity index (χ2n) is 9.91. The van der Waals surface area contributed by atoms with Crippen LogP contribution in [0.2, 0.25) is 0 Å². The summed E-state index contributed by atoms with van der Waals surface area (Å²) >= 11 is 0. The average Bonchev–Trinajstić information content (AvgIpc) is 3.46. The van der Waals surface area contributed by atoms with Gasteiger partial charge in [-0.25, -0.2) is 0 Å². The Morgan fingerprint density at radius 2 is 1.50 bits per heavy atom. The van der Waals surface area contributed by atoms with Gasteiger partial charge in [0.25, 0.3) is 0 Å². The minimum atomic E-state index is 0.453. The highest BCUT2D eigenvalue weighted by atomic mass is 32.2. The van der Waals surface area contributed by atoms with E-state index >= 15 is 0 Å². The van der Waals surface area contributed by atoms with Gasteiger partial charge in [-0.2, -0.15) is 0 Å². The van der Waals surface area contributed by atoms with Crippen LogP contribution in [0.3, 0.4) is 0 Å². The van der Waals surface area contributed by atoms with Crippen molar-refractivity contribution in [3.63, 3.8) is 0 Å². The molecule has 1 nitrogen and oxygen atoms in total. The summed E-state index contributed by atoms with van der Waals surface area (Å²) < 4.78 is 6.40. The van der Waals surface area contributed by atoms with Crippen molar-refractivity contribution in [3.05, 3.63) is 36.4 Å². The van der Waals surface area contributed by atoms with Crippen LogP contribution in [-0.2, 0) is 10.9 Å². The van der Waals surface area contributed by atoms with Crippen molar-refractivity contribution in [2.45, 2.75) is 56.3 Å². The zero-order chi connectivity index (χ0) is 18.5. The van der Waals surface area contributed by atoms with Gasteiger partial charge >= 0.3 is 0 Å². The molecule has 0 spiro atoms. The summed E-state index contributed by atoms with van der Waals surface area (Å²) in [5.41, 5.74) is 0. The first kappa shape index (κ1) is 17.7.